The number of thiazole rings is 1. The van der Waals surface area contributed by atoms with Crippen molar-refractivity contribution in [3.8, 4) is 11.5 Å². The van der Waals surface area contributed by atoms with Crippen molar-refractivity contribution in [1.29, 1.82) is 0 Å². The van der Waals surface area contributed by atoms with Crippen LogP contribution < -0.4 is 14.8 Å². The summed E-state index contributed by atoms with van der Waals surface area (Å²) in [5.74, 6) is 1.16. The Balaban J connectivity index is 1.60. The minimum atomic E-state index is -0.234. The van der Waals surface area contributed by atoms with Gasteiger partial charge in [0.2, 0.25) is 0 Å². The van der Waals surface area contributed by atoms with E-state index in [-0.39, 0.29) is 12.5 Å². The molecule has 0 aliphatic heterocycles. The van der Waals surface area contributed by atoms with E-state index in [1.807, 2.05) is 26.0 Å². The Kier molecular flexibility index (Phi) is 5.19. The Morgan fingerprint density at radius 3 is 2.48 bits per heavy atom. The number of anilines is 1. The molecule has 130 valence electrons. The molecule has 2 aromatic carbocycles. The zero-order valence-corrected chi connectivity index (χ0v) is 15.3. The molecular weight excluding hydrogens is 336 g/mol. The number of hydrogen-bond acceptors (Lipinski definition) is 5. The minimum absolute atomic E-state index is 0.0675. The van der Waals surface area contributed by atoms with E-state index in [4.69, 9.17) is 9.47 Å². The molecule has 3 rings (SSSR count). The highest BCUT2D eigenvalue weighted by Crippen LogP contribution is 2.29. The van der Waals surface area contributed by atoms with Gasteiger partial charge in [-0.15, -0.1) is 0 Å². The Hall–Kier alpha value is -2.60. The lowest BCUT2D eigenvalue weighted by atomic mass is 10.1. The highest BCUT2D eigenvalue weighted by molar-refractivity contribution is 7.22. The van der Waals surface area contributed by atoms with Crippen LogP contribution in [-0.4, -0.2) is 24.1 Å². The van der Waals surface area contributed by atoms with E-state index in [0.29, 0.717) is 17.5 Å². The smallest absolute Gasteiger partial charge is 0.264 e. The molecule has 3 aromatic rings. The number of aryl methyl sites for hydroxylation is 2. The first-order valence-electron chi connectivity index (χ1n) is 8.08. The Morgan fingerprint density at radius 1 is 1.12 bits per heavy atom. The van der Waals surface area contributed by atoms with Gasteiger partial charge in [0.15, 0.2) is 11.7 Å². The third-order valence-corrected chi connectivity index (χ3v) is 4.50. The molecule has 1 heterocycles. The number of hydrogen-bond donors (Lipinski definition) is 1. The first-order chi connectivity index (χ1) is 12.0. The second-order valence-electron chi connectivity index (χ2n) is 5.69. The van der Waals surface area contributed by atoms with Crippen molar-refractivity contribution in [1.82, 2.24) is 4.98 Å². The molecular formula is C19H20N2O3S. The molecule has 0 saturated carbocycles. The van der Waals surface area contributed by atoms with Crippen molar-refractivity contribution in [2.24, 2.45) is 0 Å². The maximum atomic E-state index is 12.1. The van der Waals surface area contributed by atoms with Gasteiger partial charge >= 0.3 is 0 Å². The lowest BCUT2D eigenvalue weighted by molar-refractivity contribution is -0.118. The molecule has 0 spiro atoms. The summed E-state index contributed by atoms with van der Waals surface area (Å²) < 4.78 is 11.9. The average molecular weight is 356 g/mol. The molecule has 1 amide bonds. The molecule has 0 aliphatic carbocycles. The van der Waals surface area contributed by atoms with Crippen molar-refractivity contribution in [3.63, 3.8) is 0 Å². The van der Waals surface area contributed by atoms with Crippen LogP contribution in [0.3, 0.4) is 0 Å². The van der Waals surface area contributed by atoms with E-state index in [1.165, 1.54) is 16.9 Å². The predicted molar refractivity (Wildman–Crippen MR) is 101 cm³/mol. The molecule has 6 heteroatoms. The average Bonchev–Trinajstić information content (AvgIpc) is 2.97. The zero-order valence-electron chi connectivity index (χ0n) is 14.5. The van der Waals surface area contributed by atoms with Gasteiger partial charge in [0, 0.05) is 0 Å². The Morgan fingerprint density at radius 2 is 1.80 bits per heavy atom. The van der Waals surface area contributed by atoms with Crippen LogP contribution in [0.2, 0.25) is 0 Å². The molecule has 0 radical (unpaired) electrons. The van der Waals surface area contributed by atoms with E-state index in [9.17, 15) is 4.79 Å². The maximum absolute atomic E-state index is 12.1. The molecule has 1 aromatic heterocycles. The number of rotatable bonds is 6. The van der Waals surface area contributed by atoms with Gasteiger partial charge in [0.25, 0.3) is 5.91 Å². The van der Waals surface area contributed by atoms with Gasteiger partial charge in [-0.1, -0.05) is 17.4 Å². The summed E-state index contributed by atoms with van der Waals surface area (Å²) >= 11 is 1.47. The van der Waals surface area contributed by atoms with E-state index in [0.717, 1.165) is 21.5 Å². The van der Waals surface area contributed by atoms with E-state index < -0.39 is 0 Å². The number of nitrogens with one attached hydrogen (secondary N) is 1. The number of ether oxygens (including phenoxy) is 2. The highest BCUT2D eigenvalue weighted by Gasteiger charge is 2.10. The van der Waals surface area contributed by atoms with Crippen LogP contribution in [0.4, 0.5) is 5.13 Å². The molecule has 1 N–H and O–H groups in total. The lowest BCUT2D eigenvalue weighted by Crippen LogP contribution is -2.19. The standard InChI is InChI=1S/C19H20N2O3S/c1-4-23-14-5-7-15(8-6-14)24-11-17(22)20-19-21-18-13(3)9-12(2)10-16(18)25-19/h5-10H,4,11H2,1-3H3,(H,20,21,22). The van der Waals surface area contributed by atoms with Crippen LogP contribution >= 0.6 is 11.3 Å². The van der Waals surface area contributed by atoms with Gasteiger partial charge in [-0.2, -0.15) is 0 Å². The fourth-order valence-corrected chi connectivity index (χ4v) is 3.59. The number of nitrogens with zero attached hydrogens (tertiary/aromatic N) is 1. The van der Waals surface area contributed by atoms with Crippen molar-refractivity contribution in [2.75, 3.05) is 18.5 Å². The third kappa shape index (κ3) is 4.28. The summed E-state index contributed by atoms with van der Waals surface area (Å²) in [6, 6.07) is 11.4. The molecule has 0 aliphatic rings. The summed E-state index contributed by atoms with van der Waals surface area (Å²) in [6.45, 7) is 6.55. The molecule has 0 saturated heterocycles. The van der Waals surface area contributed by atoms with Crippen LogP contribution in [0.1, 0.15) is 18.1 Å². The second kappa shape index (κ2) is 7.53. The topological polar surface area (TPSA) is 60.5 Å². The minimum Gasteiger partial charge on any atom is -0.494 e. The lowest BCUT2D eigenvalue weighted by Gasteiger charge is -2.07. The highest BCUT2D eigenvalue weighted by atomic mass is 32.1. The van der Waals surface area contributed by atoms with Crippen LogP contribution in [0.25, 0.3) is 10.2 Å². The first kappa shape index (κ1) is 17.2. The summed E-state index contributed by atoms with van der Waals surface area (Å²) in [5.41, 5.74) is 3.22. The molecule has 0 unspecified atom stereocenters. The van der Waals surface area contributed by atoms with Gasteiger partial charge in [-0.05, 0) is 62.2 Å². The third-order valence-electron chi connectivity index (χ3n) is 3.58. The second-order valence-corrected chi connectivity index (χ2v) is 6.72. The Bertz CT molecular complexity index is 888. The van der Waals surface area contributed by atoms with Gasteiger partial charge < -0.3 is 9.47 Å². The Labute approximate surface area is 150 Å². The van der Waals surface area contributed by atoms with Crippen molar-refractivity contribution in [2.45, 2.75) is 20.8 Å². The molecule has 0 fully saturated rings. The number of aromatic nitrogens is 1. The van der Waals surface area contributed by atoms with E-state index in [1.54, 1.807) is 12.1 Å². The van der Waals surface area contributed by atoms with Crippen molar-refractivity contribution >= 4 is 32.6 Å². The van der Waals surface area contributed by atoms with Crippen molar-refractivity contribution in [3.05, 3.63) is 47.5 Å². The zero-order chi connectivity index (χ0) is 17.8. The quantitative estimate of drug-likeness (QED) is 0.714. The summed E-state index contributed by atoms with van der Waals surface area (Å²) in [6.07, 6.45) is 0. The predicted octanol–water partition coefficient (Wildman–Crippen LogP) is 4.33. The largest absolute Gasteiger partial charge is 0.494 e. The van der Waals surface area contributed by atoms with Crippen LogP contribution in [-0.2, 0) is 4.79 Å². The first-order valence-corrected chi connectivity index (χ1v) is 8.90. The van der Waals surface area contributed by atoms with Gasteiger partial charge in [0.1, 0.15) is 11.5 Å². The normalized spacial score (nSPS) is 10.7. The summed E-state index contributed by atoms with van der Waals surface area (Å²) in [4.78, 5) is 16.6. The van der Waals surface area contributed by atoms with Crippen LogP contribution in [0.15, 0.2) is 36.4 Å². The number of carbonyl (C=O) groups is 1. The van der Waals surface area contributed by atoms with Gasteiger partial charge in [-0.3, -0.25) is 10.1 Å². The number of benzene rings is 2. The van der Waals surface area contributed by atoms with Crippen molar-refractivity contribution < 1.29 is 14.3 Å². The fourth-order valence-electron chi connectivity index (χ4n) is 2.53. The summed E-state index contributed by atoms with van der Waals surface area (Å²) in [7, 11) is 0. The monoisotopic (exact) mass is 356 g/mol. The summed E-state index contributed by atoms with van der Waals surface area (Å²) in [5, 5.41) is 3.39. The van der Waals surface area contributed by atoms with Crippen LogP contribution in [0.5, 0.6) is 11.5 Å². The van der Waals surface area contributed by atoms with E-state index >= 15 is 0 Å². The number of amides is 1. The van der Waals surface area contributed by atoms with E-state index in [2.05, 4.69) is 29.4 Å². The number of fused-ring (bicyclic) bond motifs is 1. The van der Waals surface area contributed by atoms with Gasteiger partial charge in [-0.25, -0.2) is 4.98 Å². The molecule has 25 heavy (non-hydrogen) atoms. The van der Waals surface area contributed by atoms with Gasteiger partial charge in [0.05, 0.1) is 16.8 Å². The maximum Gasteiger partial charge on any atom is 0.264 e. The SMILES string of the molecule is CCOc1ccc(OCC(=O)Nc2nc3c(C)cc(C)cc3s2)cc1. The molecule has 0 bridgehead atoms. The van der Waals surface area contributed by atoms with Crippen LogP contribution in [0, 0.1) is 13.8 Å². The molecule has 0 atom stereocenters. The number of carbonyl (C=O) groups excluding carboxylic acids is 1. The molecule has 5 nitrogen and oxygen atoms in total. The fraction of sp³-hybridized carbons (Fsp3) is 0.263.